The van der Waals surface area contributed by atoms with Crippen molar-refractivity contribution in [2.24, 2.45) is 17.8 Å². The van der Waals surface area contributed by atoms with Crippen LogP contribution in [0.1, 0.15) is 64.2 Å². The van der Waals surface area contributed by atoms with E-state index < -0.39 is 0 Å². The molecule has 30 heavy (non-hydrogen) atoms. The van der Waals surface area contributed by atoms with E-state index >= 15 is 0 Å². The number of amides is 2. The largest absolute Gasteiger partial charge is 0.363 e. The van der Waals surface area contributed by atoms with Crippen LogP contribution in [0, 0.1) is 27.9 Å². The van der Waals surface area contributed by atoms with Gasteiger partial charge in [0.2, 0.25) is 11.8 Å². The van der Waals surface area contributed by atoms with Crippen LogP contribution in [0.15, 0.2) is 18.2 Å². The first kappa shape index (κ1) is 19.5. The third-order valence-corrected chi connectivity index (χ3v) is 7.81. The molecule has 2 saturated carbocycles. The third kappa shape index (κ3) is 3.10. The van der Waals surface area contributed by atoms with Crippen molar-refractivity contribution in [3.63, 3.8) is 0 Å². The lowest BCUT2D eigenvalue weighted by molar-refractivity contribution is -0.384. The molecule has 5 rings (SSSR count). The standard InChI is InChI=1S/C23H29N3O4/c27-22-17-8-2-3-9-18(17)23(28)25(22)16-11-12-20(21(14-16)26(29)30)24-13-5-7-15-6-1-4-10-19(15)24/h11-12,14-15,17-19H,1-10,13H2/t15-,17-,18+,19-/m1/s1. The normalized spacial score (nSPS) is 31.5. The molecule has 7 nitrogen and oxygen atoms in total. The van der Waals surface area contributed by atoms with E-state index in [4.69, 9.17) is 0 Å². The average molecular weight is 412 g/mol. The summed E-state index contributed by atoms with van der Waals surface area (Å²) in [4.78, 5) is 40.9. The maximum absolute atomic E-state index is 12.9. The van der Waals surface area contributed by atoms with Crippen LogP contribution >= 0.6 is 0 Å². The summed E-state index contributed by atoms with van der Waals surface area (Å²) in [5.41, 5.74) is 0.998. The first-order chi connectivity index (χ1) is 14.6. The number of piperidine rings is 1. The van der Waals surface area contributed by atoms with Gasteiger partial charge >= 0.3 is 0 Å². The minimum absolute atomic E-state index is 0.00851. The summed E-state index contributed by atoms with van der Waals surface area (Å²) in [7, 11) is 0. The lowest BCUT2D eigenvalue weighted by Crippen LogP contribution is -2.47. The number of fused-ring (bicyclic) bond motifs is 2. The van der Waals surface area contributed by atoms with Gasteiger partial charge in [-0.1, -0.05) is 25.7 Å². The predicted molar refractivity (Wildman–Crippen MR) is 113 cm³/mol. The van der Waals surface area contributed by atoms with Gasteiger partial charge in [-0.2, -0.15) is 0 Å². The first-order valence-corrected chi connectivity index (χ1v) is 11.5. The Balaban J connectivity index is 1.49. The van der Waals surface area contributed by atoms with Gasteiger partial charge in [0.05, 0.1) is 22.4 Å². The molecule has 160 valence electrons. The van der Waals surface area contributed by atoms with E-state index in [1.54, 1.807) is 12.1 Å². The number of carbonyl (C=O) groups excluding carboxylic acids is 2. The molecule has 2 saturated heterocycles. The second-order valence-electron chi connectivity index (χ2n) is 9.39. The second-order valence-corrected chi connectivity index (χ2v) is 9.39. The van der Waals surface area contributed by atoms with E-state index in [0.717, 1.165) is 45.1 Å². The monoisotopic (exact) mass is 411 g/mol. The van der Waals surface area contributed by atoms with Crippen LogP contribution in [-0.4, -0.2) is 29.3 Å². The number of anilines is 2. The molecule has 7 heteroatoms. The Morgan fingerprint density at radius 3 is 2.20 bits per heavy atom. The highest BCUT2D eigenvalue weighted by molar-refractivity contribution is 6.22. The molecule has 4 fully saturated rings. The number of hydrogen-bond donors (Lipinski definition) is 0. The Morgan fingerprint density at radius 2 is 1.50 bits per heavy atom. The number of nitrogens with zero attached hydrogens (tertiary/aromatic N) is 3. The van der Waals surface area contributed by atoms with Crippen LogP contribution in [0.25, 0.3) is 0 Å². The number of benzene rings is 1. The van der Waals surface area contributed by atoms with E-state index in [-0.39, 0.29) is 34.3 Å². The summed E-state index contributed by atoms with van der Waals surface area (Å²) >= 11 is 0. The Hall–Kier alpha value is -2.44. The predicted octanol–water partition coefficient (Wildman–Crippen LogP) is 4.43. The highest BCUT2D eigenvalue weighted by Crippen LogP contribution is 2.44. The molecule has 2 aliphatic carbocycles. The molecule has 0 aromatic heterocycles. The zero-order valence-corrected chi connectivity index (χ0v) is 17.3. The van der Waals surface area contributed by atoms with Crippen molar-refractivity contribution in [2.75, 3.05) is 16.3 Å². The average Bonchev–Trinajstić information content (AvgIpc) is 3.03. The number of carbonyl (C=O) groups is 2. The van der Waals surface area contributed by atoms with Gasteiger partial charge in [-0.3, -0.25) is 19.7 Å². The van der Waals surface area contributed by atoms with Crippen molar-refractivity contribution < 1.29 is 14.5 Å². The zero-order valence-electron chi connectivity index (χ0n) is 17.3. The van der Waals surface area contributed by atoms with Gasteiger partial charge in [0.15, 0.2) is 0 Å². The maximum Gasteiger partial charge on any atom is 0.294 e. The molecule has 4 atom stereocenters. The molecule has 4 aliphatic rings. The third-order valence-electron chi connectivity index (χ3n) is 7.81. The van der Waals surface area contributed by atoms with Crippen LogP contribution in [0.5, 0.6) is 0 Å². The van der Waals surface area contributed by atoms with E-state index in [1.165, 1.54) is 36.6 Å². The number of imide groups is 1. The van der Waals surface area contributed by atoms with Crippen LogP contribution in [0.2, 0.25) is 0 Å². The minimum atomic E-state index is -0.358. The second kappa shape index (κ2) is 7.67. The number of nitro groups is 1. The van der Waals surface area contributed by atoms with Crippen molar-refractivity contribution in [1.82, 2.24) is 0 Å². The van der Waals surface area contributed by atoms with Gasteiger partial charge in [-0.25, -0.2) is 4.90 Å². The molecule has 0 N–H and O–H groups in total. The van der Waals surface area contributed by atoms with Crippen LogP contribution in [-0.2, 0) is 9.59 Å². The summed E-state index contributed by atoms with van der Waals surface area (Å²) in [5, 5.41) is 12.0. The fourth-order valence-electron chi connectivity index (χ4n) is 6.38. The molecule has 0 bridgehead atoms. The van der Waals surface area contributed by atoms with Gasteiger partial charge in [0.25, 0.3) is 5.69 Å². The molecular formula is C23H29N3O4. The number of rotatable bonds is 3. The summed E-state index contributed by atoms with van der Waals surface area (Å²) in [6.07, 6.45) is 10.4. The van der Waals surface area contributed by atoms with Crippen molar-refractivity contribution in [3.05, 3.63) is 28.3 Å². The Kier molecular flexibility index (Phi) is 4.99. The fourth-order valence-corrected chi connectivity index (χ4v) is 6.38. The Bertz CT molecular complexity index is 859. The first-order valence-electron chi connectivity index (χ1n) is 11.5. The van der Waals surface area contributed by atoms with Crippen molar-refractivity contribution >= 4 is 28.9 Å². The highest BCUT2D eigenvalue weighted by atomic mass is 16.6. The van der Waals surface area contributed by atoms with E-state index in [9.17, 15) is 19.7 Å². The molecule has 0 unspecified atom stereocenters. The van der Waals surface area contributed by atoms with Crippen LogP contribution in [0.3, 0.4) is 0 Å². The molecule has 2 aliphatic heterocycles. The van der Waals surface area contributed by atoms with Crippen LogP contribution < -0.4 is 9.80 Å². The van der Waals surface area contributed by atoms with Crippen LogP contribution in [0.4, 0.5) is 17.1 Å². The topological polar surface area (TPSA) is 83.8 Å². The Morgan fingerprint density at radius 1 is 0.867 bits per heavy atom. The van der Waals surface area contributed by atoms with Gasteiger partial charge in [0.1, 0.15) is 5.69 Å². The highest BCUT2D eigenvalue weighted by Gasteiger charge is 2.49. The maximum atomic E-state index is 12.9. The quantitative estimate of drug-likeness (QED) is 0.417. The van der Waals surface area contributed by atoms with Gasteiger partial charge in [-0.05, 0) is 56.6 Å². The lowest BCUT2D eigenvalue weighted by Gasteiger charge is -2.45. The zero-order chi connectivity index (χ0) is 20.8. The summed E-state index contributed by atoms with van der Waals surface area (Å²) < 4.78 is 0. The van der Waals surface area contributed by atoms with Gasteiger partial charge < -0.3 is 4.90 Å². The summed E-state index contributed by atoms with van der Waals surface area (Å²) in [5.74, 6) is -0.268. The molecule has 2 heterocycles. The van der Waals surface area contributed by atoms with E-state index in [0.29, 0.717) is 23.3 Å². The van der Waals surface area contributed by atoms with E-state index in [2.05, 4.69) is 4.90 Å². The molecule has 0 radical (unpaired) electrons. The summed E-state index contributed by atoms with van der Waals surface area (Å²) in [6.45, 7) is 0.826. The molecule has 0 spiro atoms. The Labute approximate surface area is 176 Å². The van der Waals surface area contributed by atoms with Crippen molar-refractivity contribution in [3.8, 4) is 0 Å². The number of hydrogen-bond acceptors (Lipinski definition) is 5. The number of nitro benzene ring substituents is 1. The fraction of sp³-hybridized carbons (Fsp3) is 0.652. The molecular weight excluding hydrogens is 382 g/mol. The lowest BCUT2D eigenvalue weighted by atomic mass is 9.78. The SMILES string of the molecule is O=C1[C@H]2CCCC[C@H]2C(=O)N1c1ccc(N2CCC[C@H]3CCCC[C@H]32)c([N+](=O)[O-])c1. The molecule has 2 amide bonds. The molecule has 1 aromatic carbocycles. The smallest absolute Gasteiger partial charge is 0.294 e. The minimum Gasteiger partial charge on any atom is -0.363 e. The summed E-state index contributed by atoms with van der Waals surface area (Å²) in [6, 6.07) is 5.32. The van der Waals surface area contributed by atoms with Gasteiger partial charge in [-0.15, -0.1) is 0 Å². The van der Waals surface area contributed by atoms with Gasteiger partial charge in [0, 0.05) is 18.7 Å². The van der Waals surface area contributed by atoms with Crippen molar-refractivity contribution in [1.29, 1.82) is 0 Å². The van der Waals surface area contributed by atoms with E-state index in [1.807, 2.05) is 0 Å². The molecule has 1 aromatic rings. The van der Waals surface area contributed by atoms with Crippen molar-refractivity contribution in [2.45, 2.75) is 70.3 Å².